The molecule has 12 heteroatoms. The summed E-state index contributed by atoms with van der Waals surface area (Å²) in [6, 6.07) is 10.1. The molecule has 2 aromatic carbocycles. The zero-order valence-electron chi connectivity index (χ0n) is 22.3. The molecule has 1 unspecified atom stereocenters. The van der Waals surface area contributed by atoms with Crippen molar-refractivity contribution < 1.29 is 26.0 Å². The maximum Gasteiger partial charge on any atom is 0.392 e. The monoisotopic (exact) mass is 577 g/mol. The number of hydrogen-bond acceptors (Lipinski definition) is 6. The number of pyridine rings is 1. The van der Waals surface area contributed by atoms with Gasteiger partial charge in [-0.05, 0) is 73.0 Å². The third-order valence-electron chi connectivity index (χ3n) is 7.21. The number of hydrogen-bond donors (Lipinski definition) is 2. The Hall–Kier alpha value is -3.35. The Balaban J connectivity index is 1.73. The minimum absolute atomic E-state index is 0.0262. The zero-order valence-corrected chi connectivity index (χ0v) is 23.2. The van der Waals surface area contributed by atoms with Gasteiger partial charge in [0, 0.05) is 67.8 Å². The number of alkyl halides is 3. The van der Waals surface area contributed by atoms with Gasteiger partial charge < -0.3 is 10.7 Å². The quantitative estimate of drug-likeness (QED) is 0.260. The van der Waals surface area contributed by atoms with Crippen LogP contribution in [0.2, 0.25) is 0 Å². The molecule has 1 aliphatic rings. The number of rotatable bonds is 8. The molecule has 0 saturated carbocycles. The highest BCUT2D eigenvalue weighted by Crippen LogP contribution is 2.36. The smallest absolute Gasteiger partial charge is 0.355 e. The Morgan fingerprint density at radius 1 is 1.12 bits per heavy atom. The van der Waals surface area contributed by atoms with Gasteiger partial charge in [-0.3, -0.25) is 9.88 Å². The second-order valence-corrected chi connectivity index (χ2v) is 11.9. The van der Waals surface area contributed by atoms with Crippen molar-refractivity contribution in [1.82, 2.24) is 14.2 Å². The molecule has 1 aromatic heterocycles. The maximum absolute atomic E-state index is 13.6. The third kappa shape index (κ3) is 6.34. The predicted octanol–water partition coefficient (Wildman–Crippen LogP) is 5.82. The highest BCUT2D eigenvalue weighted by molar-refractivity contribution is 7.89. The number of piperazine rings is 1. The topological polar surface area (TPSA) is 89.4 Å². The van der Waals surface area contributed by atoms with Gasteiger partial charge >= 0.3 is 6.18 Å². The number of nitrogens with one attached hydrogen (secondary N) is 2. The van der Waals surface area contributed by atoms with Gasteiger partial charge in [0.05, 0.1) is 5.92 Å². The van der Waals surface area contributed by atoms with Crippen LogP contribution in [0, 0.1) is 31.0 Å². The summed E-state index contributed by atoms with van der Waals surface area (Å²) >= 11 is 0. The van der Waals surface area contributed by atoms with Crippen LogP contribution in [0.1, 0.15) is 35.2 Å². The number of sulfonamides is 1. The first-order chi connectivity index (χ1) is 18.8. The lowest BCUT2D eigenvalue weighted by atomic mass is 9.94. The fourth-order valence-corrected chi connectivity index (χ4v) is 6.47. The second-order valence-electron chi connectivity index (χ2n) is 10.0. The molecule has 0 spiro atoms. The number of nitrogens with zero attached hydrogens (tertiary/aromatic N) is 3. The number of halogens is 4. The second kappa shape index (κ2) is 11.6. The van der Waals surface area contributed by atoms with Gasteiger partial charge in [-0.15, -0.1) is 0 Å². The standard InChI is InChI=1S/C28H31F4N5O2S/c1-18-8-9-34-15-27(18)40(38,39)37-11-10-36(16-20(3)28(30,31)32)26(17-37)24-13-21(14-33)25(12-19(24)2)35-23-6-4-22(29)5-7-23/h4-9,12-15,20,26,33,35H,10-11,16-17H2,1-3H3/t20?,26-/m1/s1. The van der Waals surface area contributed by atoms with E-state index < -0.39 is 34.0 Å². The Morgan fingerprint density at radius 2 is 1.82 bits per heavy atom. The molecule has 0 bridgehead atoms. The predicted molar refractivity (Wildman–Crippen MR) is 146 cm³/mol. The molecule has 1 saturated heterocycles. The molecule has 214 valence electrons. The summed E-state index contributed by atoms with van der Waals surface area (Å²) in [7, 11) is -3.96. The van der Waals surface area contributed by atoms with Crippen molar-refractivity contribution in [3.63, 3.8) is 0 Å². The van der Waals surface area contributed by atoms with Crippen molar-refractivity contribution in [2.24, 2.45) is 5.92 Å². The molecule has 0 aliphatic carbocycles. The van der Waals surface area contributed by atoms with Crippen molar-refractivity contribution in [3.8, 4) is 0 Å². The van der Waals surface area contributed by atoms with Crippen molar-refractivity contribution in [2.75, 3.05) is 31.5 Å². The molecule has 4 rings (SSSR count). The largest absolute Gasteiger partial charge is 0.392 e. The Morgan fingerprint density at radius 3 is 2.45 bits per heavy atom. The summed E-state index contributed by atoms with van der Waals surface area (Å²) in [6.07, 6.45) is -0.504. The van der Waals surface area contributed by atoms with Crippen LogP contribution in [0.5, 0.6) is 0 Å². The highest BCUT2D eigenvalue weighted by Gasteiger charge is 2.41. The van der Waals surface area contributed by atoms with E-state index in [0.717, 1.165) is 13.1 Å². The van der Waals surface area contributed by atoms with Gasteiger partial charge in [-0.2, -0.15) is 17.5 Å². The molecule has 7 nitrogen and oxygen atoms in total. The summed E-state index contributed by atoms with van der Waals surface area (Å²) < 4.78 is 82.4. The van der Waals surface area contributed by atoms with E-state index in [1.807, 2.05) is 0 Å². The van der Waals surface area contributed by atoms with E-state index in [-0.39, 0.29) is 31.1 Å². The first-order valence-electron chi connectivity index (χ1n) is 12.7. The van der Waals surface area contributed by atoms with Crippen LogP contribution in [0.4, 0.5) is 28.9 Å². The first kappa shape index (κ1) is 29.6. The van der Waals surface area contributed by atoms with Gasteiger partial charge in [-0.1, -0.05) is 6.92 Å². The lowest BCUT2D eigenvalue weighted by molar-refractivity contribution is -0.176. The van der Waals surface area contributed by atoms with Gasteiger partial charge in [0.2, 0.25) is 10.0 Å². The summed E-state index contributed by atoms with van der Waals surface area (Å²) in [5.41, 5.74) is 3.47. The highest BCUT2D eigenvalue weighted by atomic mass is 32.2. The summed E-state index contributed by atoms with van der Waals surface area (Å²) in [5, 5.41) is 11.1. The molecule has 40 heavy (non-hydrogen) atoms. The maximum atomic E-state index is 13.6. The van der Waals surface area contributed by atoms with Crippen LogP contribution in [0.25, 0.3) is 0 Å². The third-order valence-corrected chi connectivity index (χ3v) is 9.20. The van der Waals surface area contributed by atoms with Crippen LogP contribution >= 0.6 is 0 Å². The van der Waals surface area contributed by atoms with E-state index in [1.54, 1.807) is 49.1 Å². The molecule has 0 radical (unpaired) electrons. The lowest BCUT2D eigenvalue weighted by Gasteiger charge is -2.43. The fraction of sp³-hybridized carbons (Fsp3) is 0.357. The van der Waals surface area contributed by atoms with Crippen LogP contribution < -0.4 is 5.32 Å². The minimum Gasteiger partial charge on any atom is -0.355 e. The van der Waals surface area contributed by atoms with E-state index in [9.17, 15) is 26.0 Å². The Kier molecular flexibility index (Phi) is 8.62. The van der Waals surface area contributed by atoms with Crippen molar-refractivity contribution >= 4 is 27.6 Å². The van der Waals surface area contributed by atoms with E-state index in [0.29, 0.717) is 33.6 Å². The van der Waals surface area contributed by atoms with E-state index in [2.05, 4.69) is 10.3 Å². The first-order valence-corrected chi connectivity index (χ1v) is 14.1. The van der Waals surface area contributed by atoms with E-state index in [4.69, 9.17) is 5.41 Å². The summed E-state index contributed by atoms with van der Waals surface area (Å²) in [5.74, 6) is -2.02. The van der Waals surface area contributed by atoms with Crippen LogP contribution in [0.3, 0.4) is 0 Å². The molecular weight excluding hydrogens is 546 g/mol. The van der Waals surface area contributed by atoms with Gasteiger partial charge in [0.15, 0.2) is 0 Å². The average Bonchev–Trinajstić information content (AvgIpc) is 2.90. The van der Waals surface area contributed by atoms with Gasteiger partial charge in [0.25, 0.3) is 0 Å². The Labute approximate surface area is 231 Å². The van der Waals surface area contributed by atoms with Gasteiger partial charge in [-0.25, -0.2) is 12.8 Å². The SMILES string of the molecule is Cc1cc(Nc2ccc(F)cc2)c(C=N)cc1[C@H]1CN(S(=O)(=O)c2cnccc2C)CCN1CC(C)C(F)(F)F. The minimum atomic E-state index is -4.40. The van der Waals surface area contributed by atoms with Crippen molar-refractivity contribution in [1.29, 1.82) is 5.41 Å². The fourth-order valence-electron chi connectivity index (χ4n) is 4.86. The van der Waals surface area contributed by atoms with E-state index in [1.165, 1.54) is 28.8 Å². The average molecular weight is 578 g/mol. The molecule has 1 fully saturated rings. The molecule has 0 amide bonds. The summed E-state index contributed by atoms with van der Waals surface area (Å²) in [4.78, 5) is 5.68. The van der Waals surface area contributed by atoms with E-state index >= 15 is 0 Å². The number of benzene rings is 2. The molecule has 3 aromatic rings. The van der Waals surface area contributed by atoms with Crippen LogP contribution in [0.15, 0.2) is 59.8 Å². The molecule has 2 atom stereocenters. The number of aromatic nitrogens is 1. The van der Waals surface area contributed by atoms with Crippen molar-refractivity contribution in [3.05, 3.63) is 82.9 Å². The van der Waals surface area contributed by atoms with Crippen LogP contribution in [-0.2, 0) is 10.0 Å². The molecule has 2 N–H and O–H groups in total. The molecular formula is C28H31F4N5O2S. The number of aryl methyl sites for hydroxylation is 2. The van der Waals surface area contributed by atoms with Crippen molar-refractivity contribution in [2.45, 2.75) is 37.9 Å². The normalized spacial score (nSPS) is 17.9. The zero-order chi connectivity index (χ0) is 29.2. The lowest BCUT2D eigenvalue weighted by Crippen LogP contribution is -2.52. The summed E-state index contributed by atoms with van der Waals surface area (Å²) in [6.45, 7) is 4.33. The molecule has 2 heterocycles. The number of anilines is 2. The van der Waals surface area contributed by atoms with Gasteiger partial charge in [0.1, 0.15) is 10.7 Å². The Bertz CT molecular complexity index is 1480. The van der Waals surface area contributed by atoms with Crippen LogP contribution in [-0.4, -0.2) is 61.2 Å². The molecule has 1 aliphatic heterocycles.